The summed E-state index contributed by atoms with van der Waals surface area (Å²) in [4.78, 5) is 36.2. The fourth-order valence-corrected chi connectivity index (χ4v) is 2.23. The van der Waals surface area contributed by atoms with E-state index >= 15 is 0 Å². The van der Waals surface area contributed by atoms with E-state index in [0.717, 1.165) is 19.4 Å². The minimum atomic E-state index is -0.0559. The Kier molecular flexibility index (Phi) is 14.0. The third-order valence-electron chi connectivity index (χ3n) is 3.80. The summed E-state index contributed by atoms with van der Waals surface area (Å²) < 4.78 is 0. The largest absolute Gasteiger partial charge is 0.356 e. The van der Waals surface area contributed by atoms with Crippen LogP contribution in [0.4, 0.5) is 0 Å². The second-order valence-electron chi connectivity index (χ2n) is 6.36. The molecular weight excluding hydrogens is 306 g/mol. The fourth-order valence-electron chi connectivity index (χ4n) is 2.23. The second kappa shape index (κ2) is 15.0. The van der Waals surface area contributed by atoms with Crippen LogP contribution in [0.25, 0.3) is 0 Å². The average molecular weight is 341 g/mol. The molecule has 0 bridgehead atoms. The molecule has 0 aliphatic carbocycles. The Labute approximate surface area is 146 Å². The molecule has 0 rings (SSSR count). The van der Waals surface area contributed by atoms with Crippen LogP contribution in [0.3, 0.4) is 0 Å². The first-order valence-corrected chi connectivity index (χ1v) is 9.21. The zero-order chi connectivity index (χ0) is 18.2. The minimum absolute atomic E-state index is 0.0230. The Bertz CT molecular complexity index is 371. The van der Waals surface area contributed by atoms with Crippen molar-refractivity contribution in [2.24, 2.45) is 0 Å². The number of carbonyl (C=O) groups excluding carboxylic acids is 3. The third-order valence-corrected chi connectivity index (χ3v) is 3.80. The zero-order valence-electron chi connectivity index (χ0n) is 15.7. The van der Waals surface area contributed by atoms with Crippen molar-refractivity contribution in [1.82, 2.24) is 15.5 Å². The van der Waals surface area contributed by atoms with Gasteiger partial charge in [0.25, 0.3) is 0 Å². The van der Waals surface area contributed by atoms with E-state index in [1.807, 2.05) is 0 Å². The van der Waals surface area contributed by atoms with E-state index in [-0.39, 0.29) is 17.7 Å². The molecule has 0 heterocycles. The topological polar surface area (TPSA) is 78.5 Å². The first-order valence-electron chi connectivity index (χ1n) is 9.21. The van der Waals surface area contributed by atoms with Crippen LogP contribution in [0, 0.1) is 0 Å². The molecule has 0 radical (unpaired) electrons. The maximum absolute atomic E-state index is 11.6. The highest BCUT2D eigenvalue weighted by atomic mass is 16.2. The van der Waals surface area contributed by atoms with Gasteiger partial charge in [0.2, 0.25) is 17.7 Å². The van der Waals surface area contributed by atoms with Gasteiger partial charge in [-0.15, -0.1) is 0 Å². The van der Waals surface area contributed by atoms with Gasteiger partial charge >= 0.3 is 0 Å². The van der Waals surface area contributed by atoms with Gasteiger partial charge in [-0.1, -0.05) is 32.6 Å². The summed E-state index contributed by atoms with van der Waals surface area (Å²) in [6.07, 6.45) is 8.27. The summed E-state index contributed by atoms with van der Waals surface area (Å²) >= 11 is 0. The summed E-state index contributed by atoms with van der Waals surface area (Å²) in [5, 5.41) is 5.68. The summed E-state index contributed by atoms with van der Waals surface area (Å²) in [7, 11) is 3.44. The predicted octanol–water partition coefficient (Wildman–Crippen LogP) is 2.23. The molecule has 6 nitrogen and oxygen atoms in total. The van der Waals surface area contributed by atoms with E-state index in [1.165, 1.54) is 19.3 Å². The third kappa shape index (κ3) is 14.0. The van der Waals surface area contributed by atoms with Crippen LogP contribution in [0.5, 0.6) is 0 Å². The molecule has 0 unspecified atom stereocenters. The number of nitrogens with zero attached hydrogens (tertiary/aromatic N) is 1. The molecule has 0 aromatic rings. The van der Waals surface area contributed by atoms with Gasteiger partial charge in [-0.05, 0) is 19.3 Å². The van der Waals surface area contributed by atoms with Crippen LogP contribution < -0.4 is 10.6 Å². The number of unbranched alkanes of at least 4 members (excludes halogenated alkanes) is 4. The van der Waals surface area contributed by atoms with Crippen LogP contribution in [-0.2, 0) is 14.4 Å². The highest BCUT2D eigenvalue weighted by Gasteiger charge is 2.06. The monoisotopic (exact) mass is 341 g/mol. The summed E-state index contributed by atoms with van der Waals surface area (Å²) in [5.41, 5.74) is 0. The van der Waals surface area contributed by atoms with Crippen molar-refractivity contribution < 1.29 is 14.4 Å². The standard InChI is InChI=1S/C18H35N3O3/c1-4-5-6-7-8-14-19-16(22)11-9-12-17(23)20-15-10-13-18(24)21(2)3/h4-15H2,1-3H3,(H,19,22)(H,20,23). The zero-order valence-corrected chi connectivity index (χ0v) is 15.7. The lowest BCUT2D eigenvalue weighted by Gasteiger charge is -2.10. The van der Waals surface area contributed by atoms with E-state index in [4.69, 9.17) is 0 Å². The Morgan fingerprint density at radius 1 is 0.708 bits per heavy atom. The van der Waals surface area contributed by atoms with E-state index in [1.54, 1.807) is 19.0 Å². The van der Waals surface area contributed by atoms with Gasteiger partial charge in [0.1, 0.15) is 0 Å². The van der Waals surface area contributed by atoms with Gasteiger partial charge in [0.05, 0.1) is 0 Å². The van der Waals surface area contributed by atoms with Crippen LogP contribution >= 0.6 is 0 Å². The quantitative estimate of drug-likeness (QED) is 0.476. The van der Waals surface area contributed by atoms with Crippen LogP contribution in [-0.4, -0.2) is 49.8 Å². The van der Waals surface area contributed by atoms with Gasteiger partial charge in [-0.3, -0.25) is 14.4 Å². The number of carbonyl (C=O) groups is 3. The minimum Gasteiger partial charge on any atom is -0.356 e. The molecule has 2 N–H and O–H groups in total. The van der Waals surface area contributed by atoms with Crippen LogP contribution in [0.2, 0.25) is 0 Å². The molecule has 0 saturated heterocycles. The summed E-state index contributed by atoms with van der Waals surface area (Å²) in [5.74, 6) is 0.0325. The van der Waals surface area contributed by atoms with Gasteiger partial charge in [0.15, 0.2) is 0 Å². The number of rotatable bonds is 14. The highest BCUT2D eigenvalue weighted by Crippen LogP contribution is 2.01. The number of amides is 3. The fraction of sp³-hybridized carbons (Fsp3) is 0.833. The molecule has 0 aliphatic heterocycles. The Morgan fingerprint density at radius 3 is 1.79 bits per heavy atom. The van der Waals surface area contributed by atoms with Gasteiger partial charge in [-0.25, -0.2) is 0 Å². The predicted molar refractivity (Wildman–Crippen MR) is 96.6 cm³/mol. The molecule has 0 aromatic heterocycles. The normalized spacial score (nSPS) is 10.3. The lowest BCUT2D eigenvalue weighted by Crippen LogP contribution is -2.27. The van der Waals surface area contributed by atoms with Crippen molar-refractivity contribution in [3.63, 3.8) is 0 Å². The molecule has 0 fully saturated rings. The SMILES string of the molecule is CCCCCCCNC(=O)CCCC(=O)NCCCC(=O)N(C)C. The molecule has 0 saturated carbocycles. The number of hydrogen-bond acceptors (Lipinski definition) is 3. The van der Waals surface area contributed by atoms with Gasteiger partial charge in [-0.2, -0.15) is 0 Å². The first-order chi connectivity index (χ1) is 11.5. The van der Waals surface area contributed by atoms with Crippen molar-refractivity contribution in [1.29, 1.82) is 0 Å². The number of nitrogens with one attached hydrogen (secondary N) is 2. The van der Waals surface area contributed by atoms with E-state index in [2.05, 4.69) is 17.6 Å². The molecule has 0 aromatic carbocycles. The molecule has 6 heteroatoms. The van der Waals surface area contributed by atoms with Gasteiger partial charge in [0, 0.05) is 46.4 Å². The Balaban J connectivity index is 3.47. The lowest BCUT2D eigenvalue weighted by atomic mass is 10.1. The van der Waals surface area contributed by atoms with Crippen LogP contribution in [0.1, 0.15) is 71.1 Å². The molecular formula is C18H35N3O3. The lowest BCUT2D eigenvalue weighted by molar-refractivity contribution is -0.129. The van der Waals surface area contributed by atoms with E-state index in [0.29, 0.717) is 38.6 Å². The van der Waals surface area contributed by atoms with Crippen molar-refractivity contribution in [2.45, 2.75) is 71.1 Å². The first kappa shape index (κ1) is 22.4. The smallest absolute Gasteiger partial charge is 0.222 e. The van der Waals surface area contributed by atoms with Crippen molar-refractivity contribution in [2.75, 3.05) is 27.2 Å². The molecule has 3 amide bonds. The maximum atomic E-state index is 11.6. The number of hydrogen-bond donors (Lipinski definition) is 2. The van der Waals surface area contributed by atoms with Gasteiger partial charge < -0.3 is 15.5 Å². The highest BCUT2D eigenvalue weighted by molar-refractivity contribution is 5.79. The van der Waals surface area contributed by atoms with Crippen molar-refractivity contribution >= 4 is 17.7 Å². The molecule has 140 valence electrons. The summed E-state index contributed by atoms with van der Waals surface area (Å²) in [6.45, 7) is 3.41. The molecule has 0 aliphatic rings. The second-order valence-corrected chi connectivity index (χ2v) is 6.36. The molecule has 24 heavy (non-hydrogen) atoms. The van der Waals surface area contributed by atoms with Crippen LogP contribution in [0.15, 0.2) is 0 Å². The molecule has 0 spiro atoms. The molecule has 0 atom stereocenters. The van der Waals surface area contributed by atoms with Crippen molar-refractivity contribution in [3.05, 3.63) is 0 Å². The maximum Gasteiger partial charge on any atom is 0.222 e. The summed E-state index contributed by atoms with van der Waals surface area (Å²) in [6, 6.07) is 0. The Morgan fingerprint density at radius 2 is 1.25 bits per heavy atom. The van der Waals surface area contributed by atoms with E-state index in [9.17, 15) is 14.4 Å². The average Bonchev–Trinajstić information content (AvgIpc) is 2.54. The van der Waals surface area contributed by atoms with Crippen molar-refractivity contribution in [3.8, 4) is 0 Å². The Hall–Kier alpha value is -1.59. The van der Waals surface area contributed by atoms with E-state index < -0.39 is 0 Å².